The van der Waals surface area contributed by atoms with Crippen LogP contribution in [0.25, 0.3) is 10.9 Å². The van der Waals surface area contributed by atoms with E-state index >= 15 is 0 Å². The summed E-state index contributed by atoms with van der Waals surface area (Å²) >= 11 is 0. The Bertz CT molecular complexity index is 3960. The standard InChI is InChI=1S/C68H82N14O16/c1-37(83)26-38-15-19-56(95-2)44(27-38)61(89)79-49(12-7-23-75-66(69)70)53(84)31-39-16-20-57(96-3)45(28-39)62(90)80-50(13-8-24-76-67(71)72)55(86)33-41-18-22-59(98-36-60(87)88)47(30-41)64(92)81-51(14-9-25-77-68(73)74)54(85)32-40-17-21-58(97-4)46(29-40)63(91)82-52(65(93)94)34-42-35-78-48-11-6-5-10-43(42)48/h5-6,10-11,15-22,27-30,35,49-52,78H,7-9,12-14,23-26,31-34,36H2,1-4H3,(H,79,89)(H,80,90)(H,81,92)(H,82,91)(H,87,88)(H,93,94)(H4,69,70,75)(H4,71,72,76)(H4,73,74,77)/t49-,50-,51-,52-/m1/s1. The number of hydrogen-bond donors (Lipinski definition) is 16. The molecule has 0 aliphatic heterocycles. The van der Waals surface area contributed by atoms with Gasteiger partial charge in [-0.15, -0.1) is 0 Å². The third-order valence-corrected chi connectivity index (χ3v) is 15.5. The van der Waals surface area contributed by atoms with E-state index in [1.54, 1.807) is 30.5 Å². The Labute approximate surface area is 563 Å². The van der Waals surface area contributed by atoms with Gasteiger partial charge >= 0.3 is 11.9 Å². The molecule has 0 bridgehead atoms. The molecule has 6 rings (SSSR count). The summed E-state index contributed by atoms with van der Waals surface area (Å²) in [4.78, 5) is 140. The van der Waals surface area contributed by atoms with E-state index in [0.29, 0.717) is 16.7 Å². The number of guanidine groups is 3. The minimum Gasteiger partial charge on any atom is -0.496 e. The Balaban J connectivity index is 1.24. The van der Waals surface area contributed by atoms with E-state index in [2.05, 4.69) is 42.2 Å². The zero-order valence-electron chi connectivity index (χ0n) is 54.6. The number of nitrogens with two attached hydrogens (primary N) is 3. The van der Waals surface area contributed by atoms with Crippen LogP contribution in [0.15, 0.2) is 103 Å². The second-order valence-corrected chi connectivity index (χ2v) is 22.9. The monoisotopic (exact) mass is 1350 g/mol. The Morgan fingerprint density at radius 2 is 0.827 bits per heavy atom. The molecule has 98 heavy (non-hydrogen) atoms. The lowest BCUT2D eigenvalue weighted by Crippen LogP contribution is -2.43. The first-order chi connectivity index (χ1) is 46.8. The summed E-state index contributed by atoms with van der Waals surface area (Å²) in [5, 5.41) is 62.2. The highest BCUT2D eigenvalue weighted by atomic mass is 16.5. The molecule has 0 aliphatic rings. The van der Waals surface area contributed by atoms with Gasteiger partial charge in [-0.25, -0.2) is 9.59 Å². The molecule has 0 fully saturated rings. The van der Waals surface area contributed by atoms with Crippen LogP contribution in [-0.2, 0) is 60.9 Å². The number of aromatic amines is 1. The summed E-state index contributed by atoms with van der Waals surface area (Å²) in [5.41, 5.74) is 18.9. The largest absolute Gasteiger partial charge is 0.496 e. The molecule has 0 saturated carbocycles. The van der Waals surface area contributed by atoms with Crippen LogP contribution in [0, 0.1) is 16.2 Å². The lowest BCUT2D eigenvalue weighted by molar-refractivity contribution is -0.140. The normalized spacial score (nSPS) is 12.0. The molecule has 0 spiro atoms. The molecular formula is C68H82N14O16. The number of carbonyl (C=O) groups excluding carboxylic acids is 8. The molecular weight excluding hydrogens is 1270 g/mol. The molecule has 0 radical (unpaired) electrons. The van der Waals surface area contributed by atoms with Crippen LogP contribution >= 0.6 is 0 Å². The number of Topliss-reactive ketones (excluding diaryl/α,β-unsaturated/α-hetero) is 4. The van der Waals surface area contributed by atoms with E-state index in [4.69, 9.17) is 52.4 Å². The number of ketones is 4. The van der Waals surface area contributed by atoms with Crippen molar-refractivity contribution in [2.75, 3.05) is 47.6 Å². The van der Waals surface area contributed by atoms with Crippen molar-refractivity contribution in [1.82, 2.24) is 42.2 Å². The fraction of sp³-hybridized carbons (Fsp3) is 0.338. The maximum atomic E-state index is 14.6. The molecule has 4 atom stereocenters. The van der Waals surface area contributed by atoms with Crippen LogP contribution in [0.3, 0.4) is 0 Å². The van der Waals surface area contributed by atoms with Gasteiger partial charge in [-0.2, -0.15) is 0 Å². The molecule has 30 heteroatoms. The van der Waals surface area contributed by atoms with Gasteiger partial charge in [0.2, 0.25) is 0 Å². The number of rotatable bonds is 40. The predicted octanol–water partition coefficient (Wildman–Crippen LogP) is 2.73. The second kappa shape index (κ2) is 36.7. The van der Waals surface area contributed by atoms with Crippen molar-refractivity contribution in [1.29, 1.82) is 16.2 Å². The van der Waals surface area contributed by atoms with E-state index in [1.807, 2.05) is 18.2 Å². The summed E-state index contributed by atoms with van der Waals surface area (Å²) in [7, 11) is 3.98. The van der Waals surface area contributed by atoms with Gasteiger partial charge in [0.25, 0.3) is 23.6 Å². The van der Waals surface area contributed by atoms with Gasteiger partial charge in [0.05, 0.1) is 61.7 Å². The zero-order chi connectivity index (χ0) is 71.6. The number of carboxylic acids is 2. The van der Waals surface area contributed by atoms with Crippen LogP contribution in [0.4, 0.5) is 0 Å². The number of carbonyl (C=O) groups is 10. The van der Waals surface area contributed by atoms with Gasteiger partial charge in [0.1, 0.15) is 34.8 Å². The highest BCUT2D eigenvalue weighted by Crippen LogP contribution is 2.28. The van der Waals surface area contributed by atoms with Crippen LogP contribution in [0.1, 0.15) is 115 Å². The van der Waals surface area contributed by atoms with E-state index < -0.39 is 96.5 Å². The fourth-order valence-electron chi connectivity index (χ4n) is 10.7. The smallest absolute Gasteiger partial charge is 0.341 e. The van der Waals surface area contributed by atoms with E-state index in [9.17, 15) is 58.2 Å². The molecule has 1 heterocycles. The minimum absolute atomic E-state index is 0.0297. The number of methoxy groups -OCH3 is 3. The molecule has 0 unspecified atom stereocenters. The number of ether oxygens (including phenoxy) is 4. The summed E-state index contributed by atoms with van der Waals surface area (Å²) in [6.07, 6.45) is 1.09. The Morgan fingerprint density at radius 3 is 1.17 bits per heavy atom. The number of aliphatic carboxylic acids is 2. The molecule has 0 saturated heterocycles. The number of benzene rings is 5. The average Bonchev–Trinajstić information content (AvgIpc) is 1.87. The molecule has 520 valence electrons. The van der Waals surface area contributed by atoms with Crippen molar-refractivity contribution < 1.29 is 77.1 Å². The van der Waals surface area contributed by atoms with Gasteiger partial charge in [0.15, 0.2) is 41.8 Å². The second-order valence-electron chi connectivity index (χ2n) is 22.9. The third-order valence-electron chi connectivity index (χ3n) is 15.5. The average molecular weight is 1350 g/mol. The van der Waals surface area contributed by atoms with Crippen LogP contribution in [0.5, 0.6) is 23.0 Å². The number of amides is 4. The van der Waals surface area contributed by atoms with Crippen molar-refractivity contribution in [3.63, 3.8) is 0 Å². The molecule has 4 amide bonds. The van der Waals surface area contributed by atoms with Gasteiger partial charge in [-0.05, 0) is 128 Å². The summed E-state index contributed by atoms with van der Waals surface area (Å²) in [6, 6.07) is 19.5. The van der Waals surface area contributed by atoms with Gasteiger partial charge in [-0.3, -0.25) is 54.6 Å². The van der Waals surface area contributed by atoms with E-state index in [-0.39, 0.29) is 157 Å². The Morgan fingerprint density at radius 1 is 0.480 bits per heavy atom. The highest BCUT2D eigenvalue weighted by molar-refractivity contribution is 6.04. The van der Waals surface area contributed by atoms with E-state index in [0.717, 1.165) is 10.9 Å². The summed E-state index contributed by atoms with van der Waals surface area (Å²) in [6.45, 7) is 0.891. The van der Waals surface area contributed by atoms with Crippen LogP contribution in [0.2, 0.25) is 0 Å². The number of H-pyrrole nitrogens is 1. The molecule has 6 aromatic rings. The number of carboxylic acid groups (broad SMARTS) is 2. The molecule has 1 aromatic heterocycles. The predicted molar refractivity (Wildman–Crippen MR) is 361 cm³/mol. The first-order valence-corrected chi connectivity index (χ1v) is 31.1. The van der Waals surface area contributed by atoms with Crippen molar-refractivity contribution in [2.45, 2.75) is 102 Å². The summed E-state index contributed by atoms with van der Waals surface area (Å²) < 4.78 is 22.0. The SMILES string of the molecule is COc1ccc(CC(=O)[C@@H](CCCNC(=N)N)NC(=O)c2cc(CC(=O)[C@@H](CCCNC(=N)N)NC(=O)c3cc(CC(=O)[C@@H](CCCNC(=N)N)NC(=O)c4cc(CC(C)=O)ccc4OC)ccc3OC)ccc2OCC(=O)O)cc1C(=O)N[C@H](Cc1c[nH]c2ccccc12)C(=O)O. The van der Waals surface area contributed by atoms with Gasteiger partial charge in [0, 0.05) is 68.8 Å². The third kappa shape index (κ3) is 22.7. The topological polar surface area (TPSA) is 498 Å². The van der Waals surface area contributed by atoms with Crippen LogP contribution < -0.4 is 73.4 Å². The Hall–Kier alpha value is -11.9. The molecule has 5 aromatic carbocycles. The zero-order valence-corrected chi connectivity index (χ0v) is 54.6. The van der Waals surface area contributed by atoms with Crippen molar-refractivity contribution in [3.8, 4) is 23.0 Å². The number of para-hydroxylation sites is 1. The lowest BCUT2D eigenvalue weighted by Gasteiger charge is -2.21. The van der Waals surface area contributed by atoms with Crippen molar-refractivity contribution >= 4 is 87.5 Å². The first-order valence-electron chi connectivity index (χ1n) is 31.1. The quantitative estimate of drug-likeness (QED) is 0.0149. The van der Waals surface area contributed by atoms with E-state index in [1.165, 1.54) is 82.9 Å². The molecule has 19 N–H and O–H groups in total. The number of hydrogen-bond acceptors (Lipinski definition) is 17. The lowest BCUT2D eigenvalue weighted by atomic mass is 9.96. The summed E-state index contributed by atoms with van der Waals surface area (Å²) in [5.74, 6) is -8.67. The fourth-order valence-corrected chi connectivity index (χ4v) is 10.7. The van der Waals surface area contributed by atoms with Gasteiger partial charge < -0.3 is 88.6 Å². The maximum Gasteiger partial charge on any atom is 0.341 e. The molecule has 0 aliphatic carbocycles. The van der Waals surface area contributed by atoms with Crippen molar-refractivity contribution in [3.05, 3.63) is 153 Å². The highest BCUT2D eigenvalue weighted by Gasteiger charge is 2.30. The van der Waals surface area contributed by atoms with Crippen molar-refractivity contribution in [2.24, 2.45) is 17.2 Å². The molecule has 30 nitrogen and oxygen atoms in total. The minimum atomic E-state index is -1.40. The van der Waals surface area contributed by atoms with Crippen LogP contribution in [-0.4, -0.2) is 164 Å². The number of fused-ring (bicyclic) bond motifs is 1. The maximum absolute atomic E-state index is 14.6. The Kier molecular flexibility index (Phi) is 28.2. The first kappa shape index (κ1) is 75.2. The number of nitrogens with one attached hydrogen (secondary N) is 11. The number of aromatic nitrogens is 1. The van der Waals surface area contributed by atoms with Gasteiger partial charge in [-0.1, -0.05) is 42.5 Å².